The SMILES string of the molecule is N#Cc1c2c(Nc3ccccc3)nsnc-2n(-c2ccccc2)c1=Nc1ccccc1. The zero-order valence-corrected chi connectivity index (χ0v) is 17.1. The number of benzene rings is 3. The molecular formula is C24H16N6S. The van der Waals surface area contributed by atoms with Crippen molar-refractivity contribution in [1.29, 1.82) is 5.26 Å². The first-order chi connectivity index (χ1) is 15.3. The number of nitrogens with zero attached hydrogens (tertiary/aromatic N) is 5. The lowest BCUT2D eigenvalue weighted by Gasteiger charge is -2.10. The highest BCUT2D eigenvalue weighted by Gasteiger charge is 2.26. The molecular weight excluding hydrogens is 404 g/mol. The Kier molecular flexibility index (Phi) is 4.97. The Bertz CT molecular complexity index is 1400. The lowest BCUT2D eigenvalue weighted by atomic mass is 10.2. The van der Waals surface area contributed by atoms with Crippen LogP contribution >= 0.6 is 11.7 Å². The number of aromatic nitrogens is 3. The number of nitriles is 1. The number of rotatable bonds is 4. The van der Waals surface area contributed by atoms with Crippen molar-refractivity contribution in [3.8, 4) is 23.1 Å². The predicted octanol–water partition coefficient (Wildman–Crippen LogP) is 5.28. The fourth-order valence-electron chi connectivity index (χ4n) is 3.41. The lowest BCUT2D eigenvalue weighted by Crippen LogP contribution is -2.17. The standard InChI is InChI=1S/C24H16N6S/c25-16-20-21-22(26-17-10-4-1-5-11-17)28-31-29-24(21)30(19-14-8-3-9-15-19)23(20)27-18-12-6-2-7-13-18/h1-15H,(H,26,28). The van der Waals surface area contributed by atoms with Gasteiger partial charge in [-0.15, -0.1) is 0 Å². The molecule has 2 heterocycles. The summed E-state index contributed by atoms with van der Waals surface area (Å²) in [6.45, 7) is 0. The van der Waals surface area contributed by atoms with E-state index in [1.54, 1.807) is 0 Å². The second-order valence-corrected chi connectivity index (χ2v) is 7.26. The molecule has 0 saturated carbocycles. The molecule has 2 aliphatic heterocycles. The van der Waals surface area contributed by atoms with Crippen LogP contribution in [0.25, 0.3) is 17.1 Å². The van der Waals surface area contributed by atoms with Crippen LogP contribution in [0.2, 0.25) is 0 Å². The molecule has 0 spiro atoms. The Morgan fingerprint density at radius 2 is 1.48 bits per heavy atom. The Balaban J connectivity index is 1.82. The third-order valence-corrected chi connectivity index (χ3v) is 5.29. The Labute approximate surface area is 183 Å². The smallest absolute Gasteiger partial charge is 0.165 e. The minimum atomic E-state index is 0.425. The fraction of sp³-hybridized carbons (Fsp3) is 0. The molecule has 148 valence electrons. The van der Waals surface area contributed by atoms with Crippen LogP contribution in [0.4, 0.5) is 17.2 Å². The van der Waals surface area contributed by atoms with Gasteiger partial charge in [-0.3, -0.25) is 4.57 Å². The molecule has 31 heavy (non-hydrogen) atoms. The van der Waals surface area contributed by atoms with Crippen molar-refractivity contribution in [2.45, 2.75) is 0 Å². The van der Waals surface area contributed by atoms with E-state index in [0.717, 1.165) is 28.8 Å². The van der Waals surface area contributed by atoms with Crippen molar-refractivity contribution in [3.05, 3.63) is 102 Å². The van der Waals surface area contributed by atoms with E-state index in [9.17, 15) is 5.26 Å². The van der Waals surface area contributed by atoms with E-state index in [0.29, 0.717) is 28.3 Å². The largest absolute Gasteiger partial charge is 0.339 e. The molecule has 0 radical (unpaired) electrons. The maximum atomic E-state index is 10.1. The van der Waals surface area contributed by atoms with Crippen molar-refractivity contribution in [2.75, 3.05) is 5.32 Å². The Morgan fingerprint density at radius 1 is 0.839 bits per heavy atom. The van der Waals surface area contributed by atoms with Crippen LogP contribution < -0.4 is 10.8 Å². The van der Waals surface area contributed by atoms with Crippen LogP contribution in [0.1, 0.15) is 5.56 Å². The number of nitrogens with one attached hydrogen (secondary N) is 1. The average molecular weight is 421 g/mol. The molecule has 2 aliphatic rings. The third kappa shape index (κ3) is 3.56. The molecule has 1 N–H and O–H groups in total. The summed E-state index contributed by atoms with van der Waals surface area (Å²) < 4.78 is 11.0. The molecule has 6 nitrogen and oxygen atoms in total. The van der Waals surface area contributed by atoms with E-state index in [1.807, 2.05) is 95.6 Å². The molecule has 5 rings (SSSR count). The van der Waals surface area contributed by atoms with Gasteiger partial charge in [-0.25, -0.2) is 4.99 Å². The van der Waals surface area contributed by atoms with Gasteiger partial charge in [0.05, 0.1) is 23.0 Å². The van der Waals surface area contributed by atoms with Gasteiger partial charge >= 0.3 is 0 Å². The normalized spacial score (nSPS) is 11.4. The van der Waals surface area contributed by atoms with E-state index in [2.05, 4.69) is 20.1 Å². The maximum absolute atomic E-state index is 10.1. The van der Waals surface area contributed by atoms with Crippen molar-refractivity contribution in [3.63, 3.8) is 0 Å². The van der Waals surface area contributed by atoms with Gasteiger partial charge in [0.25, 0.3) is 0 Å². The summed E-state index contributed by atoms with van der Waals surface area (Å²) in [5, 5.41) is 13.5. The topological polar surface area (TPSA) is 78.9 Å². The number of anilines is 2. The van der Waals surface area contributed by atoms with Gasteiger partial charge in [0, 0.05) is 11.4 Å². The summed E-state index contributed by atoms with van der Waals surface area (Å²) in [5.41, 5.74) is 4.11. The number of hydrogen-bond donors (Lipinski definition) is 1. The molecule has 0 bridgehead atoms. The highest BCUT2D eigenvalue weighted by Crippen LogP contribution is 2.33. The quantitative estimate of drug-likeness (QED) is 0.429. The fourth-order valence-corrected chi connectivity index (χ4v) is 3.92. The number of para-hydroxylation sites is 3. The van der Waals surface area contributed by atoms with E-state index in [4.69, 9.17) is 4.99 Å². The zero-order valence-electron chi connectivity index (χ0n) is 16.3. The summed E-state index contributed by atoms with van der Waals surface area (Å²) >= 11 is 1.09. The zero-order chi connectivity index (χ0) is 21.0. The molecule has 0 amide bonds. The maximum Gasteiger partial charge on any atom is 0.165 e. The first kappa shape index (κ1) is 18.7. The van der Waals surface area contributed by atoms with Gasteiger partial charge in [0.1, 0.15) is 11.6 Å². The molecule has 0 fully saturated rings. The van der Waals surface area contributed by atoms with Crippen molar-refractivity contribution >= 4 is 28.9 Å². The van der Waals surface area contributed by atoms with Crippen molar-refractivity contribution in [2.24, 2.45) is 4.99 Å². The van der Waals surface area contributed by atoms with Crippen molar-refractivity contribution < 1.29 is 0 Å². The highest BCUT2D eigenvalue weighted by molar-refractivity contribution is 6.99. The molecule has 0 aliphatic carbocycles. The van der Waals surface area contributed by atoms with E-state index in [-0.39, 0.29) is 0 Å². The summed E-state index contributed by atoms with van der Waals surface area (Å²) in [7, 11) is 0. The first-order valence-electron chi connectivity index (χ1n) is 9.64. The molecule has 7 heteroatoms. The van der Waals surface area contributed by atoms with Crippen molar-refractivity contribution in [1.82, 2.24) is 13.3 Å². The van der Waals surface area contributed by atoms with Crippen LogP contribution in [-0.2, 0) is 0 Å². The van der Waals surface area contributed by atoms with E-state index >= 15 is 0 Å². The molecule has 3 aromatic rings. The van der Waals surface area contributed by atoms with Gasteiger partial charge in [-0.2, -0.15) is 14.0 Å². The van der Waals surface area contributed by atoms with E-state index < -0.39 is 0 Å². The van der Waals surface area contributed by atoms with Gasteiger partial charge in [0.15, 0.2) is 17.1 Å². The Morgan fingerprint density at radius 3 is 2.16 bits per heavy atom. The molecule has 0 saturated heterocycles. The van der Waals surface area contributed by atoms with Crippen LogP contribution in [0.3, 0.4) is 0 Å². The van der Waals surface area contributed by atoms with Gasteiger partial charge in [0.2, 0.25) is 0 Å². The predicted molar refractivity (Wildman–Crippen MR) is 122 cm³/mol. The van der Waals surface area contributed by atoms with Gasteiger partial charge < -0.3 is 5.32 Å². The van der Waals surface area contributed by atoms with Gasteiger partial charge in [-0.05, 0) is 36.4 Å². The van der Waals surface area contributed by atoms with Crippen LogP contribution in [0.15, 0.2) is 96.0 Å². The minimum absolute atomic E-state index is 0.425. The third-order valence-electron chi connectivity index (χ3n) is 4.77. The highest BCUT2D eigenvalue weighted by atomic mass is 32.1. The summed E-state index contributed by atoms with van der Waals surface area (Å²) in [6, 6.07) is 31.5. The van der Waals surface area contributed by atoms with Crippen LogP contribution in [0.5, 0.6) is 0 Å². The average Bonchev–Trinajstić information content (AvgIpc) is 3.15. The van der Waals surface area contributed by atoms with E-state index in [1.165, 1.54) is 0 Å². The van der Waals surface area contributed by atoms with Gasteiger partial charge in [-0.1, -0.05) is 54.6 Å². The molecule has 0 aromatic heterocycles. The molecule has 3 aromatic carbocycles. The first-order valence-corrected chi connectivity index (χ1v) is 10.4. The minimum Gasteiger partial charge on any atom is -0.339 e. The second kappa shape index (κ2) is 8.22. The summed E-state index contributed by atoms with van der Waals surface area (Å²) in [4.78, 5) is 4.82. The van der Waals surface area contributed by atoms with Crippen LogP contribution in [0, 0.1) is 11.3 Å². The van der Waals surface area contributed by atoms with Crippen LogP contribution in [-0.4, -0.2) is 13.3 Å². The molecule has 0 atom stereocenters. The summed E-state index contributed by atoms with van der Waals surface area (Å²) in [5.74, 6) is 1.22. The number of hydrogen-bond acceptors (Lipinski definition) is 6. The number of fused-ring (bicyclic) bond motifs is 1. The monoisotopic (exact) mass is 420 g/mol. The summed E-state index contributed by atoms with van der Waals surface area (Å²) in [6.07, 6.45) is 0. The molecule has 0 unspecified atom stereocenters. The Hall–Kier alpha value is -4.28. The second-order valence-electron chi connectivity index (χ2n) is 6.73. The lowest BCUT2D eigenvalue weighted by molar-refractivity contribution is 0.973.